The Balaban J connectivity index is 1.33. The highest BCUT2D eigenvalue weighted by atomic mass is 35.5. The lowest BCUT2D eigenvalue weighted by molar-refractivity contribution is 0.396. The van der Waals surface area contributed by atoms with Crippen molar-refractivity contribution in [2.75, 3.05) is 25.1 Å². The van der Waals surface area contributed by atoms with Crippen molar-refractivity contribution in [3.63, 3.8) is 0 Å². The van der Waals surface area contributed by atoms with Gasteiger partial charge in [-0.1, -0.05) is 17.7 Å². The topological polar surface area (TPSA) is 73.9 Å². The van der Waals surface area contributed by atoms with E-state index in [9.17, 15) is 0 Å². The van der Waals surface area contributed by atoms with Crippen molar-refractivity contribution in [3.05, 3.63) is 65.0 Å². The third kappa shape index (κ3) is 4.23. The molecule has 0 aliphatic carbocycles. The van der Waals surface area contributed by atoms with E-state index >= 15 is 0 Å². The third-order valence-electron chi connectivity index (χ3n) is 7.20. The van der Waals surface area contributed by atoms with Crippen LogP contribution in [0.4, 0.5) is 5.69 Å². The number of aromatic nitrogens is 6. The molecule has 186 valence electrons. The molecule has 36 heavy (non-hydrogen) atoms. The Morgan fingerprint density at radius 2 is 1.83 bits per heavy atom. The van der Waals surface area contributed by atoms with Crippen molar-refractivity contribution in [1.29, 1.82) is 0 Å². The molecule has 1 saturated heterocycles. The first-order chi connectivity index (χ1) is 17.6. The Morgan fingerprint density at radius 1 is 0.972 bits per heavy atom. The van der Waals surface area contributed by atoms with Crippen LogP contribution in [0.1, 0.15) is 55.1 Å². The molecule has 3 aromatic heterocycles. The first-order valence-electron chi connectivity index (χ1n) is 12.7. The van der Waals surface area contributed by atoms with E-state index < -0.39 is 0 Å². The van der Waals surface area contributed by atoms with E-state index in [0.29, 0.717) is 17.4 Å². The maximum atomic E-state index is 6.64. The Morgan fingerprint density at radius 3 is 2.61 bits per heavy atom. The zero-order valence-corrected chi connectivity index (χ0v) is 21.4. The van der Waals surface area contributed by atoms with Gasteiger partial charge in [-0.05, 0) is 68.9 Å². The molecular weight excluding hydrogens is 474 g/mol. The van der Waals surface area contributed by atoms with Crippen molar-refractivity contribution in [1.82, 2.24) is 29.3 Å². The summed E-state index contributed by atoms with van der Waals surface area (Å²) in [7, 11) is 1.63. The average molecular weight is 504 g/mol. The molecule has 2 aliphatic heterocycles. The quantitative estimate of drug-likeness (QED) is 0.362. The number of nitrogens with zero attached hydrogens (tertiary/aromatic N) is 7. The number of benzene rings is 1. The lowest BCUT2D eigenvalue weighted by Crippen LogP contribution is -2.29. The van der Waals surface area contributed by atoms with Gasteiger partial charge in [0.15, 0.2) is 5.82 Å². The number of aryl methyl sites for hydroxylation is 2. The minimum absolute atomic E-state index is 0.177. The van der Waals surface area contributed by atoms with Crippen LogP contribution in [-0.2, 0) is 6.54 Å². The maximum absolute atomic E-state index is 6.64. The Kier molecular flexibility index (Phi) is 6.13. The number of methoxy groups -OCH3 is 1. The van der Waals surface area contributed by atoms with Crippen LogP contribution in [-0.4, -0.2) is 49.5 Å². The van der Waals surface area contributed by atoms with Gasteiger partial charge in [0.2, 0.25) is 5.88 Å². The smallest absolute Gasteiger partial charge is 0.238 e. The van der Waals surface area contributed by atoms with Gasteiger partial charge in [-0.25, -0.2) is 19.6 Å². The number of piperidine rings is 1. The fourth-order valence-electron chi connectivity index (χ4n) is 5.36. The Bertz CT molecular complexity index is 1390. The van der Waals surface area contributed by atoms with Crippen LogP contribution in [0, 0.1) is 6.92 Å². The van der Waals surface area contributed by atoms with E-state index in [1.165, 1.54) is 24.8 Å². The van der Waals surface area contributed by atoms with Gasteiger partial charge < -0.3 is 14.2 Å². The number of imidazole rings is 1. The molecule has 0 amide bonds. The SMILES string of the molecule is COc1nc(-c2nc3n(n2)CCC[C@H]3c2ccc(Cl)c(N3CCCCC3)c2)ccc1-n1cnc(C)c1. The van der Waals surface area contributed by atoms with Crippen LogP contribution in [0.2, 0.25) is 5.02 Å². The summed E-state index contributed by atoms with van der Waals surface area (Å²) >= 11 is 6.64. The zero-order chi connectivity index (χ0) is 24.6. The van der Waals surface area contributed by atoms with Crippen molar-refractivity contribution >= 4 is 17.3 Å². The average Bonchev–Trinajstić information content (AvgIpc) is 3.55. The van der Waals surface area contributed by atoms with Gasteiger partial charge in [0.25, 0.3) is 0 Å². The fraction of sp³-hybridized carbons (Fsp3) is 0.407. The fourth-order valence-corrected chi connectivity index (χ4v) is 5.59. The first kappa shape index (κ1) is 23.0. The van der Waals surface area contributed by atoms with E-state index in [1.54, 1.807) is 13.4 Å². The Hall–Kier alpha value is -3.39. The van der Waals surface area contributed by atoms with E-state index in [2.05, 4.69) is 22.0 Å². The summed E-state index contributed by atoms with van der Waals surface area (Å²) in [4.78, 5) is 16.5. The van der Waals surface area contributed by atoms with Gasteiger partial charge >= 0.3 is 0 Å². The molecule has 1 atom stereocenters. The molecule has 4 aromatic rings. The molecule has 0 N–H and O–H groups in total. The lowest BCUT2D eigenvalue weighted by Gasteiger charge is -2.31. The largest absolute Gasteiger partial charge is 0.479 e. The van der Waals surface area contributed by atoms with Crippen LogP contribution in [0.5, 0.6) is 5.88 Å². The van der Waals surface area contributed by atoms with Crippen molar-refractivity contribution < 1.29 is 4.74 Å². The molecule has 0 bridgehead atoms. The predicted molar refractivity (Wildman–Crippen MR) is 140 cm³/mol. The van der Waals surface area contributed by atoms with E-state index in [1.807, 2.05) is 40.6 Å². The van der Waals surface area contributed by atoms with Crippen LogP contribution in [0.15, 0.2) is 42.9 Å². The molecule has 0 spiro atoms. The molecule has 0 unspecified atom stereocenters. The van der Waals surface area contributed by atoms with E-state index in [4.69, 9.17) is 31.4 Å². The van der Waals surface area contributed by atoms with Gasteiger partial charge in [-0.15, -0.1) is 5.10 Å². The molecule has 8 nitrogen and oxygen atoms in total. The second kappa shape index (κ2) is 9.58. The van der Waals surface area contributed by atoms with Gasteiger partial charge in [0.05, 0.1) is 29.8 Å². The second-order valence-corrected chi connectivity index (χ2v) is 10.0. The number of pyridine rings is 1. The predicted octanol–water partition coefficient (Wildman–Crippen LogP) is 5.41. The van der Waals surface area contributed by atoms with Crippen molar-refractivity contribution in [2.24, 2.45) is 0 Å². The normalized spacial score (nSPS) is 17.8. The number of hydrogen-bond acceptors (Lipinski definition) is 6. The van der Waals surface area contributed by atoms with Crippen LogP contribution >= 0.6 is 11.6 Å². The molecule has 6 rings (SSSR count). The standard InChI is InChI=1S/C27H30ClN7O/c1-18-16-34(17-29-18)23-11-10-22(30-27(23)36-2)25-31-26-20(7-6-14-35(26)32-25)19-8-9-21(28)24(15-19)33-12-4-3-5-13-33/h8-11,15-17,20H,3-7,12-14H2,1-2H3/t20-/m0/s1. The summed E-state index contributed by atoms with van der Waals surface area (Å²) in [5, 5.41) is 5.66. The van der Waals surface area contributed by atoms with Gasteiger partial charge in [-0.3, -0.25) is 0 Å². The zero-order valence-electron chi connectivity index (χ0n) is 20.7. The first-order valence-corrected chi connectivity index (χ1v) is 13.0. The minimum Gasteiger partial charge on any atom is -0.479 e. The molecule has 1 fully saturated rings. The molecular formula is C27H30ClN7O. The second-order valence-electron chi connectivity index (χ2n) is 9.62. The maximum Gasteiger partial charge on any atom is 0.238 e. The number of rotatable bonds is 5. The molecule has 1 aromatic carbocycles. The number of ether oxygens (including phenoxy) is 1. The summed E-state index contributed by atoms with van der Waals surface area (Å²) in [6, 6.07) is 10.4. The highest BCUT2D eigenvalue weighted by Gasteiger charge is 2.28. The van der Waals surface area contributed by atoms with Gasteiger partial charge in [0, 0.05) is 31.7 Å². The highest BCUT2D eigenvalue weighted by molar-refractivity contribution is 6.33. The number of anilines is 1. The van der Waals surface area contributed by atoms with Crippen LogP contribution in [0.25, 0.3) is 17.2 Å². The summed E-state index contributed by atoms with van der Waals surface area (Å²) in [5.74, 6) is 2.29. The molecule has 0 saturated carbocycles. The van der Waals surface area contributed by atoms with Crippen LogP contribution in [0.3, 0.4) is 0 Å². The molecule has 0 radical (unpaired) electrons. The third-order valence-corrected chi connectivity index (χ3v) is 7.52. The number of fused-ring (bicyclic) bond motifs is 1. The van der Waals surface area contributed by atoms with E-state index in [-0.39, 0.29) is 5.92 Å². The van der Waals surface area contributed by atoms with Gasteiger partial charge in [-0.2, -0.15) is 0 Å². The summed E-state index contributed by atoms with van der Waals surface area (Å²) < 4.78 is 9.56. The summed E-state index contributed by atoms with van der Waals surface area (Å²) in [6.07, 6.45) is 9.53. The van der Waals surface area contributed by atoms with Crippen molar-refractivity contribution in [3.8, 4) is 23.1 Å². The monoisotopic (exact) mass is 503 g/mol. The van der Waals surface area contributed by atoms with E-state index in [0.717, 1.165) is 60.4 Å². The summed E-state index contributed by atoms with van der Waals surface area (Å²) in [6.45, 7) is 4.94. The van der Waals surface area contributed by atoms with Crippen molar-refractivity contribution in [2.45, 2.75) is 51.5 Å². The highest BCUT2D eigenvalue weighted by Crippen LogP contribution is 2.38. The van der Waals surface area contributed by atoms with Crippen LogP contribution < -0.4 is 9.64 Å². The molecule has 2 aliphatic rings. The van der Waals surface area contributed by atoms with Gasteiger partial charge in [0.1, 0.15) is 17.2 Å². The summed E-state index contributed by atoms with van der Waals surface area (Å²) in [5.41, 5.74) is 4.84. The minimum atomic E-state index is 0.177. The number of halogens is 1. The molecule has 5 heterocycles. The number of hydrogen-bond donors (Lipinski definition) is 0. The molecule has 9 heteroatoms. The Labute approximate surface area is 215 Å². The lowest BCUT2D eigenvalue weighted by atomic mass is 9.90.